The van der Waals surface area contributed by atoms with Crippen molar-refractivity contribution in [2.45, 2.75) is 51.9 Å². The zero-order valence-electron chi connectivity index (χ0n) is 16.7. The molecule has 4 nitrogen and oxygen atoms in total. The van der Waals surface area contributed by atoms with Crippen LogP contribution in [-0.4, -0.2) is 23.5 Å². The minimum absolute atomic E-state index is 0.0841. The van der Waals surface area contributed by atoms with Crippen LogP contribution in [0.4, 0.5) is 8.78 Å². The van der Waals surface area contributed by atoms with E-state index < -0.39 is 23.5 Å². The number of carbonyl (C=O) groups excluding carboxylic acids is 1. The number of carboxylic acids is 1. The van der Waals surface area contributed by atoms with Gasteiger partial charge in [0.05, 0.1) is 12.5 Å². The lowest BCUT2D eigenvalue weighted by atomic mass is 9.91. The Labute approximate surface area is 169 Å². The third-order valence-electron chi connectivity index (χ3n) is 4.69. The van der Waals surface area contributed by atoms with E-state index in [4.69, 9.17) is 4.74 Å². The predicted molar refractivity (Wildman–Crippen MR) is 107 cm³/mol. The second-order valence-electron chi connectivity index (χ2n) is 6.93. The van der Waals surface area contributed by atoms with Gasteiger partial charge in [-0.25, -0.2) is 4.39 Å². The molecule has 2 rings (SSSR count). The first-order valence-corrected chi connectivity index (χ1v) is 9.84. The number of ketones is 1. The molecule has 0 saturated carbocycles. The van der Waals surface area contributed by atoms with Crippen LogP contribution in [-0.2, 0) is 11.2 Å². The summed E-state index contributed by atoms with van der Waals surface area (Å²) in [4.78, 5) is 24.1. The second kappa shape index (κ2) is 10.7. The number of aliphatic carboxylic acids is 1. The van der Waals surface area contributed by atoms with Crippen molar-refractivity contribution < 1.29 is 28.2 Å². The average Bonchev–Trinajstić information content (AvgIpc) is 2.71. The van der Waals surface area contributed by atoms with Gasteiger partial charge in [-0.1, -0.05) is 50.6 Å². The van der Waals surface area contributed by atoms with Gasteiger partial charge in [0.2, 0.25) is 5.82 Å². The van der Waals surface area contributed by atoms with Crippen molar-refractivity contribution in [1.29, 1.82) is 0 Å². The molecule has 2 aromatic rings. The molecule has 0 heterocycles. The lowest BCUT2D eigenvalue weighted by Crippen LogP contribution is -2.16. The summed E-state index contributed by atoms with van der Waals surface area (Å²) in [6.07, 6.45) is 2.33. The Hall–Kier alpha value is -2.76. The fourth-order valence-electron chi connectivity index (χ4n) is 3.12. The molecule has 6 heteroatoms. The highest BCUT2D eigenvalue weighted by atomic mass is 19.2. The summed E-state index contributed by atoms with van der Waals surface area (Å²) in [5, 5.41) is 9.50. The van der Waals surface area contributed by atoms with Crippen molar-refractivity contribution in [2.24, 2.45) is 0 Å². The quantitative estimate of drug-likeness (QED) is 0.500. The number of aryl methyl sites for hydroxylation is 1. The molecular formula is C23H26F2O4. The van der Waals surface area contributed by atoms with Crippen molar-refractivity contribution in [3.05, 3.63) is 64.7 Å². The van der Waals surface area contributed by atoms with Crippen molar-refractivity contribution in [2.75, 3.05) is 6.61 Å². The van der Waals surface area contributed by atoms with E-state index in [2.05, 4.69) is 6.92 Å². The molecule has 1 atom stereocenters. The third kappa shape index (κ3) is 5.86. The molecule has 2 aromatic carbocycles. The van der Waals surface area contributed by atoms with Crippen LogP contribution >= 0.6 is 0 Å². The largest absolute Gasteiger partial charge is 0.490 e. The smallest absolute Gasteiger partial charge is 0.311 e. The summed E-state index contributed by atoms with van der Waals surface area (Å²) in [6.45, 7) is 4.12. The maximum Gasteiger partial charge on any atom is 0.311 e. The first kappa shape index (κ1) is 22.5. The molecule has 0 aliphatic rings. The number of rotatable bonds is 11. The van der Waals surface area contributed by atoms with E-state index in [9.17, 15) is 23.5 Å². The number of Topliss-reactive ketones (excluding diaryl/α,β-unsaturated/α-hetero) is 1. The molecule has 0 spiro atoms. The van der Waals surface area contributed by atoms with Gasteiger partial charge in [-0.15, -0.1) is 0 Å². The molecule has 0 aliphatic carbocycles. The van der Waals surface area contributed by atoms with Gasteiger partial charge >= 0.3 is 5.97 Å². The van der Waals surface area contributed by atoms with Gasteiger partial charge in [-0.05, 0) is 30.9 Å². The summed E-state index contributed by atoms with van der Waals surface area (Å²) in [5.41, 5.74) is 1.31. The lowest BCUT2D eigenvalue weighted by molar-refractivity contribution is -0.139. The van der Waals surface area contributed by atoms with E-state index in [1.807, 2.05) is 19.1 Å². The van der Waals surface area contributed by atoms with Gasteiger partial charge in [0.15, 0.2) is 17.3 Å². The third-order valence-corrected chi connectivity index (χ3v) is 4.69. The number of carbonyl (C=O) groups is 2. The van der Waals surface area contributed by atoms with E-state index in [1.54, 1.807) is 12.1 Å². The van der Waals surface area contributed by atoms with Crippen molar-refractivity contribution >= 4 is 11.8 Å². The molecule has 0 fully saturated rings. The second-order valence-corrected chi connectivity index (χ2v) is 6.93. The maximum atomic E-state index is 14.5. The van der Waals surface area contributed by atoms with E-state index in [0.717, 1.165) is 18.4 Å². The van der Waals surface area contributed by atoms with E-state index in [-0.39, 0.29) is 36.5 Å². The van der Waals surface area contributed by atoms with Crippen LogP contribution < -0.4 is 4.74 Å². The Balaban J connectivity index is 2.13. The number of halogens is 2. The monoisotopic (exact) mass is 404 g/mol. The Morgan fingerprint density at radius 3 is 2.28 bits per heavy atom. The molecule has 1 N–H and O–H groups in total. The summed E-state index contributed by atoms with van der Waals surface area (Å²) in [5.74, 6) is -5.57. The molecular weight excluding hydrogens is 378 g/mol. The van der Waals surface area contributed by atoms with Crippen LogP contribution in [0.15, 0.2) is 36.4 Å². The highest BCUT2D eigenvalue weighted by molar-refractivity contribution is 5.96. The highest BCUT2D eigenvalue weighted by Gasteiger charge is 2.27. The standard InChI is InChI=1S/C23H26F2O4/c1-3-5-15-6-8-16(9-7-15)19(26)12-10-18(23(27)28)17-11-13-20(29-14-4-2)22(25)21(17)24/h6-9,11,13,18H,3-5,10,12,14H2,1-2H3,(H,27,28). The summed E-state index contributed by atoms with van der Waals surface area (Å²) >= 11 is 0. The average molecular weight is 404 g/mol. The molecule has 156 valence electrons. The Kier molecular flexibility index (Phi) is 8.31. The first-order valence-electron chi connectivity index (χ1n) is 9.84. The number of benzene rings is 2. The molecule has 0 aliphatic heterocycles. The van der Waals surface area contributed by atoms with Crippen LogP contribution in [0, 0.1) is 11.6 Å². The molecule has 0 radical (unpaired) electrons. The van der Waals surface area contributed by atoms with E-state index in [1.165, 1.54) is 12.1 Å². The summed E-state index contributed by atoms with van der Waals surface area (Å²) in [7, 11) is 0. The Morgan fingerprint density at radius 1 is 1.00 bits per heavy atom. The Bertz CT molecular complexity index is 847. The number of carboxylic acid groups (broad SMARTS) is 1. The van der Waals surface area contributed by atoms with Crippen LogP contribution in [0.5, 0.6) is 5.75 Å². The lowest BCUT2D eigenvalue weighted by Gasteiger charge is -2.15. The minimum Gasteiger partial charge on any atom is -0.490 e. The van der Waals surface area contributed by atoms with Gasteiger partial charge in [0, 0.05) is 17.5 Å². The first-order chi connectivity index (χ1) is 13.9. The fraction of sp³-hybridized carbons (Fsp3) is 0.391. The van der Waals surface area contributed by atoms with Gasteiger partial charge in [0.25, 0.3) is 0 Å². The molecule has 1 unspecified atom stereocenters. The number of hydrogen-bond acceptors (Lipinski definition) is 3. The molecule has 29 heavy (non-hydrogen) atoms. The van der Waals surface area contributed by atoms with Crippen LogP contribution in [0.3, 0.4) is 0 Å². The predicted octanol–water partition coefficient (Wildman–Crippen LogP) is 5.54. The normalized spacial score (nSPS) is 11.9. The Morgan fingerprint density at radius 2 is 1.69 bits per heavy atom. The fourth-order valence-corrected chi connectivity index (χ4v) is 3.12. The minimum atomic E-state index is -1.33. The van der Waals surface area contributed by atoms with Gasteiger partial charge in [0.1, 0.15) is 0 Å². The number of hydrogen-bond donors (Lipinski definition) is 1. The van der Waals surface area contributed by atoms with Gasteiger partial charge < -0.3 is 9.84 Å². The summed E-state index contributed by atoms with van der Waals surface area (Å²) in [6, 6.07) is 9.61. The molecule has 0 aromatic heterocycles. The zero-order chi connectivity index (χ0) is 21.4. The maximum absolute atomic E-state index is 14.5. The molecule has 0 saturated heterocycles. The van der Waals surface area contributed by atoms with Crippen LogP contribution in [0.25, 0.3) is 0 Å². The van der Waals surface area contributed by atoms with Crippen LogP contribution in [0.1, 0.15) is 66.9 Å². The van der Waals surface area contributed by atoms with Crippen LogP contribution in [0.2, 0.25) is 0 Å². The zero-order valence-corrected chi connectivity index (χ0v) is 16.7. The van der Waals surface area contributed by atoms with Gasteiger partial charge in [-0.3, -0.25) is 9.59 Å². The van der Waals surface area contributed by atoms with E-state index in [0.29, 0.717) is 12.0 Å². The highest BCUT2D eigenvalue weighted by Crippen LogP contribution is 2.31. The molecule has 0 bridgehead atoms. The topological polar surface area (TPSA) is 63.6 Å². The van der Waals surface area contributed by atoms with Crippen molar-refractivity contribution in [3.8, 4) is 5.75 Å². The van der Waals surface area contributed by atoms with E-state index >= 15 is 0 Å². The summed E-state index contributed by atoms with van der Waals surface area (Å²) < 4.78 is 33.8. The van der Waals surface area contributed by atoms with Gasteiger partial charge in [-0.2, -0.15) is 4.39 Å². The molecule has 0 amide bonds. The SMILES string of the molecule is CCCOc1ccc(C(CCC(=O)c2ccc(CCC)cc2)C(=O)O)c(F)c1F. The number of ether oxygens (including phenoxy) is 1. The van der Waals surface area contributed by atoms with Crippen molar-refractivity contribution in [3.63, 3.8) is 0 Å². The van der Waals surface area contributed by atoms with Crippen molar-refractivity contribution in [1.82, 2.24) is 0 Å².